The highest BCUT2D eigenvalue weighted by Crippen LogP contribution is 2.35. The molecule has 1 saturated heterocycles. The molecule has 98 valence electrons. The zero-order chi connectivity index (χ0) is 13.3. The molecule has 18 heavy (non-hydrogen) atoms. The zero-order valence-electron chi connectivity index (χ0n) is 11.1. The second kappa shape index (κ2) is 4.55. The van der Waals surface area contributed by atoms with Crippen LogP contribution < -0.4 is 4.90 Å². The summed E-state index contributed by atoms with van der Waals surface area (Å²) >= 11 is 0. The summed E-state index contributed by atoms with van der Waals surface area (Å²) in [7, 11) is 0. The van der Waals surface area contributed by atoms with Crippen molar-refractivity contribution in [2.24, 2.45) is 0 Å². The molecule has 0 bridgehead atoms. The van der Waals surface area contributed by atoms with Crippen LogP contribution in [0.1, 0.15) is 37.6 Å². The van der Waals surface area contributed by atoms with E-state index in [-0.39, 0.29) is 0 Å². The average Bonchev–Trinajstić information content (AvgIpc) is 2.77. The number of hydrogen-bond donors (Lipinski definition) is 1. The van der Waals surface area contributed by atoms with E-state index in [1.54, 1.807) is 6.20 Å². The Balaban J connectivity index is 2.42. The number of aliphatic carboxylic acids is 1. The molecule has 0 amide bonds. The van der Waals surface area contributed by atoms with Gasteiger partial charge in [-0.25, -0.2) is 9.78 Å². The molecule has 1 atom stereocenters. The van der Waals surface area contributed by atoms with Crippen LogP contribution in [0, 0.1) is 13.8 Å². The van der Waals surface area contributed by atoms with Crippen molar-refractivity contribution < 1.29 is 9.90 Å². The lowest BCUT2D eigenvalue weighted by Gasteiger charge is -2.34. The minimum absolute atomic E-state index is 0.580. The smallest absolute Gasteiger partial charge is 0.329 e. The van der Waals surface area contributed by atoms with E-state index in [1.807, 2.05) is 25.7 Å². The Labute approximate surface area is 107 Å². The molecule has 0 spiro atoms. The van der Waals surface area contributed by atoms with Crippen molar-refractivity contribution in [3.8, 4) is 0 Å². The lowest BCUT2D eigenvalue weighted by molar-refractivity contribution is -0.143. The van der Waals surface area contributed by atoms with E-state index in [1.165, 1.54) is 0 Å². The molecule has 1 fully saturated rings. The summed E-state index contributed by atoms with van der Waals surface area (Å²) < 4.78 is 0. The summed E-state index contributed by atoms with van der Waals surface area (Å²) in [5.74, 6) is -0.0811. The maximum Gasteiger partial charge on any atom is 0.329 e. The SMILES string of the molecule is CCC1(C(=O)O)CCCN1c1cnc(C)c(C)n1. The first-order valence-corrected chi connectivity index (χ1v) is 6.32. The summed E-state index contributed by atoms with van der Waals surface area (Å²) in [6.07, 6.45) is 3.82. The number of rotatable bonds is 3. The van der Waals surface area contributed by atoms with E-state index in [0.29, 0.717) is 18.7 Å². The molecule has 5 nitrogen and oxygen atoms in total. The van der Waals surface area contributed by atoms with Crippen LogP contribution in [0.15, 0.2) is 6.20 Å². The molecule has 1 unspecified atom stereocenters. The molecule has 1 aliphatic heterocycles. The molecule has 0 aromatic carbocycles. The first-order valence-electron chi connectivity index (χ1n) is 6.32. The largest absolute Gasteiger partial charge is 0.479 e. The number of aryl methyl sites for hydroxylation is 2. The second-order valence-corrected chi connectivity index (χ2v) is 4.84. The predicted molar refractivity (Wildman–Crippen MR) is 68.7 cm³/mol. The summed E-state index contributed by atoms with van der Waals surface area (Å²) in [5, 5.41) is 9.53. The Morgan fingerprint density at radius 3 is 2.78 bits per heavy atom. The molecule has 0 aliphatic carbocycles. The fourth-order valence-corrected chi connectivity index (χ4v) is 2.61. The molecule has 2 rings (SSSR count). The highest BCUT2D eigenvalue weighted by molar-refractivity contribution is 5.84. The minimum Gasteiger partial charge on any atom is -0.479 e. The van der Waals surface area contributed by atoms with E-state index < -0.39 is 11.5 Å². The predicted octanol–water partition coefficient (Wildman–Crippen LogP) is 1.93. The Morgan fingerprint density at radius 2 is 2.22 bits per heavy atom. The highest BCUT2D eigenvalue weighted by Gasteiger charge is 2.47. The van der Waals surface area contributed by atoms with Gasteiger partial charge in [-0.3, -0.25) is 4.98 Å². The Bertz CT molecular complexity index is 475. The third kappa shape index (κ3) is 1.83. The number of carboxylic acids is 1. The van der Waals surface area contributed by atoms with Gasteiger partial charge in [-0.05, 0) is 33.1 Å². The van der Waals surface area contributed by atoms with Crippen LogP contribution in [0.4, 0.5) is 5.82 Å². The topological polar surface area (TPSA) is 66.3 Å². The number of nitrogens with zero attached hydrogens (tertiary/aromatic N) is 3. The van der Waals surface area contributed by atoms with Gasteiger partial charge in [-0.2, -0.15) is 0 Å². The fraction of sp³-hybridized carbons (Fsp3) is 0.615. The Kier molecular flexibility index (Phi) is 3.24. The van der Waals surface area contributed by atoms with Crippen LogP contribution in [0.3, 0.4) is 0 Å². The van der Waals surface area contributed by atoms with Gasteiger partial charge in [-0.1, -0.05) is 6.92 Å². The summed E-state index contributed by atoms with van der Waals surface area (Å²) in [6, 6.07) is 0. The van der Waals surface area contributed by atoms with Crippen molar-refractivity contribution in [1.29, 1.82) is 0 Å². The molecular weight excluding hydrogens is 230 g/mol. The first-order chi connectivity index (χ1) is 8.51. The van der Waals surface area contributed by atoms with E-state index in [9.17, 15) is 9.90 Å². The molecule has 5 heteroatoms. The zero-order valence-corrected chi connectivity index (χ0v) is 11.1. The molecule has 0 radical (unpaired) electrons. The lowest BCUT2D eigenvalue weighted by atomic mass is 9.93. The summed E-state index contributed by atoms with van der Waals surface area (Å²) in [4.78, 5) is 22.3. The van der Waals surface area contributed by atoms with E-state index in [2.05, 4.69) is 9.97 Å². The number of carboxylic acid groups (broad SMARTS) is 1. The second-order valence-electron chi connectivity index (χ2n) is 4.84. The van der Waals surface area contributed by atoms with E-state index in [4.69, 9.17) is 0 Å². The van der Waals surface area contributed by atoms with Gasteiger partial charge >= 0.3 is 5.97 Å². The number of aromatic nitrogens is 2. The van der Waals surface area contributed by atoms with Crippen LogP contribution in [-0.2, 0) is 4.79 Å². The monoisotopic (exact) mass is 249 g/mol. The standard InChI is InChI=1S/C13H19N3O2/c1-4-13(12(17)18)6-5-7-16(13)11-8-14-9(2)10(3)15-11/h8H,4-7H2,1-3H3,(H,17,18). The lowest BCUT2D eigenvalue weighted by Crippen LogP contribution is -2.50. The van der Waals surface area contributed by atoms with Crippen LogP contribution in [0.25, 0.3) is 0 Å². The molecule has 1 N–H and O–H groups in total. The van der Waals surface area contributed by atoms with Gasteiger partial charge in [0.1, 0.15) is 11.4 Å². The van der Waals surface area contributed by atoms with Gasteiger partial charge in [0.15, 0.2) is 0 Å². The molecular formula is C13H19N3O2. The van der Waals surface area contributed by atoms with Crippen molar-refractivity contribution in [2.45, 2.75) is 45.6 Å². The number of hydrogen-bond acceptors (Lipinski definition) is 4. The van der Waals surface area contributed by atoms with Gasteiger partial charge in [-0.15, -0.1) is 0 Å². The molecule has 1 aliphatic rings. The van der Waals surface area contributed by atoms with Gasteiger partial charge in [0.2, 0.25) is 0 Å². The van der Waals surface area contributed by atoms with Crippen molar-refractivity contribution in [3.63, 3.8) is 0 Å². The Hall–Kier alpha value is -1.65. The van der Waals surface area contributed by atoms with Gasteiger partial charge in [0.05, 0.1) is 17.6 Å². The maximum atomic E-state index is 11.6. The number of anilines is 1. The van der Waals surface area contributed by atoms with Crippen molar-refractivity contribution in [1.82, 2.24) is 9.97 Å². The highest BCUT2D eigenvalue weighted by atomic mass is 16.4. The molecule has 1 aromatic heterocycles. The van der Waals surface area contributed by atoms with Gasteiger partial charge < -0.3 is 10.0 Å². The van der Waals surface area contributed by atoms with Crippen LogP contribution in [-0.4, -0.2) is 33.1 Å². The molecule has 0 saturated carbocycles. The minimum atomic E-state index is -0.809. The summed E-state index contributed by atoms with van der Waals surface area (Å²) in [5.41, 5.74) is 0.932. The van der Waals surface area contributed by atoms with Crippen LogP contribution in [0.2, 0.25) is 0 Å². The van der Waals surface area contributed by atoms with Crippen LogP contribution in [0.5, 0.6) is 0 Å². The van der Waals surface area contributed by atoms with E-state index >= 15 is 0 Å². The third-order valence-electron chi connectivity index (χ3n) is 3.93. The number of carbonyl (C=O) groups is 1. The van der Waals surface area contributed by atoms with Gasteiger partial charge in [0, 0.05) is 6.54 Å². The van der Waals surface area contributed by atoms with Crippen LogP contribution >= 0.6 is 0 Å². The van der Waals surface area contributed by atoms with E-state index in [0.717, 1.165) is 24.4 Å². The maximum absolute atomic E-state index is 11.6. The van der Waals surface area contributed by atoms with Crippen molar-refractivity contribution in [2.75, 3.05) is 11.4 Å². The normalized spacial score (nSPS) is 23.4. The van der Waals surface area contributed by atoms with Gasteiger partial charge in [0.25, 0.3) is 0 Å². The molecule has 1 aromatic rings. The Morgan fingerprint density at radius 1 is 1.50 bits per heavy atom. The fourth-order valence-electron chi connectivity index (χ4n) is 2.61. The quantitative estimate of drug-likeness (QED) is 0.886. The molecule has 2 heterocycles. The first kappa shape index (κ1) is 12.8. The summed E-state index contributed by atoms with van der Waals surface area (Å²) in [6.45, 7) is 6.45. The van der Waals surface area contributed by atoms with Crippen molar-refractivity contribution in [3.05, 3.63) is 17.6 Å². The average molecular weight is 249 g/mol. The van der Waals surface area contributed by atoms with Crippen molar-refractivity contribution >= 4 is 11.8 Å². The third-order valence-corrected chi connectivity index (χ3v) is 3.93.